The van der Waals surface area contributed by atoms with Crippen LogP contribution in [0.1, 0.15) is 25.3 Å². The van der Waals surface area contributed by atoms with Crippen molar-refractivity contribution in [1.82, 2.24) is 4.57 Å². The van der Waals surface area contributed by atoms with Gasteiger partial charge in [0.05, 0.1) is 31.5 Å². The lowest BCUT2D eigenvalue weighted by Crippen LogP contribution is -2.23. The molecule has 3 aromatic rings. The van der Waals surface area contributed by atoms with Crippen molar-refractivity contribution in [3.05, 3.63) is 46.8 Å². The fourth-order valence-corrected chi connectivity index (χ4v) is 5.93. The quantitative estimate of drug-likeness (QED) is 0.377. The summed E-state index contributed by atoms with van der Waals surface area (Å²) in [5.41, 5.74) is 1.52. The van der Waals surface area contributed by atoms with Gasteiger partial charge in [-0.3, -0.25) is 9.59 Å². The van der Waals surface area contributed by atoms with Crippen LogP contribution in [0.25, 0.3) is 10.2 Å². The highest BCUT2D eigenvalue weighted by Gasteiger charge is 2.19. The van der Waals surface area contributed by atoms with Crippen LogP contribution in [-0.4, -0.2) is 51.4 Å². The number of ether oxygens (including phenoxy) is 3. The zero-order valence-corrected chi connectivity index (χ0v) is 21.7. The van der Waals surface area contributed by atoms with Crippen LogP contribution in [0.3, 0.4) is 0 Å². The van der Waals surface area contributed by atoms with Gasteiger partial charge in [-0.1, -0.05) is 29.0 Å². The van der Waals surface area contributed by atoms with Gasteiger partial charge in [0.25, 0.3) is 0 Å². The maximum absolute atomic E-state index is 12.7. The lowest BCUT2D eigenvalue weighted by Gasteiger charge is -2.10. The van der Waals surface area contributed by atoms with Gasteiger partial charge in [-0.2, -0.15) is 4.99 Å². The summed E-state index contributed by atoms with van der Waals surface area (Å²) >= 11 is 1.17. The molecule has 1 amide bonds. The van der Waals surface area contributed by atoms with Gasteiger partial charge in [0.15, 0.2) is 14.6 Å². The number of aromatic nitrogens is 1. The molecule has 0 bridgehead atoms. The van der Waals surface area contributed by atoms with Crippen LogP contribution >= 0.6 is 11.3 Å². The highest BCUT2D eigenvalue weighted by Crippen LogP contribution is 2.35. The van der Waals surface area contributed by atoms with E-state index in [-0.39, 0.29) is 41.4 Å². The van der Waals surface area contributed by atoms with Crippen molar-refractivity contribution in [2.75, 3.05) is 26.6 Å². The summed E-state index contributed by atoms with van der Waals surface area (Å²) in [4.78, 5) is 29.6. The van der Waals surface area contributed by atoms with Crippen LogP contribution in [0.15, 0.2) is 46.3 Å². The fourth-order valence-electron chi connectivity index (χ4n) is 3.46. The smallest absolute Gasteiger partial charge is 0.326 e. The number of methoxy groups -OCH3 is 2. The van der Waals surface area contributed by atoms with Gasteiger partial charge in [0, 0.05) is 6.42 Å². The van der Waals surface area contributed by atoms with Crippen LogP contribution in [0, 0.1) is 6.92 Å². The molecule has 1 aromatic heterocycles. The maximum Gasteiger partial charge on any atom is 0.326 e. The Labute approximate surface area is 207 Å². The van der Waals surface area contributed by atoms with Gasteiger partial charge in [-0.25, -0.2) is 8.42 Å². The van der Waals surface area contributed by atoms with E-state index in [9.17, 15) is 18.0 Å². The molecule has 0 unspecified atom stereocenters. The molecule has 0 atom stereocenters. The molecule has 35 heavy (non-hydrogen) atoms. The largest absolute Gasteiger partial charge is 0.495 e. The molecule has 0 aliphatic heterocycles. The van der Waals surface area contributed by atoms with Crippen molar-refractivity contribution in [2.45, 2.75) is 38.1 Å². The van der Waals surface area contributed by atoms with Crippen LogP contribution < -0.4 is 14.3 Å². The van der Waals surface area contributed by atoms with E-state index in [1.54, 1.807) is 47.9 Å². The Bertz CT molecular complexity index is 1390. The van der Waals surface area contributed by atoms with Gasteiger partial charge in [-0.05, 0) is 44.5 Å². The molecule has 1 heterocycles. The number of benzene rings is 2. The number of hydrogen-bond acceptors (Lipinski definition) is 8. The molecule has 0 aliphatic rings. The Morgan fingerprint density at radius 1 is 1.03 bits per heavy atom. The van der Waals surface area contributed by atoms with Crippen molar-refractivity contribution in [1.29, 1.82) is 0 Å². The third-order valence-corrected chi connectivity index (χ3v) is 8.10. The zero-order valence-electron chi connectivity index (χ0n) is 20.1. The van der Waals surface area contributed by atoms with Crippen LogP contribution in [0.2, 0.25) is 0 Å². The van der Waals surface area contributed by atoms with E-state index in [2.05, 4.69) is 4.99 Å². The molecule has 3 rings (SSSR count). The van der Waals surface area contributed by atoms with Crippen molar-refractivity contribution >= 4 is 43.3 Å². The van der Waals surface area contributed by atoms with Gasteiger partial charge >= 0.3 is 5.97 Å². The van der Waals surface area contributed by atoms with Crippen LogP contribution in [0.5, 0.6) is 11.5 Å². The molecule has 0 aliphatic carbocycles. The van der Waals surface area contributed by atoms with Gasteiger partial charge in [0.2, 0.25) is 5.91 Å². The molecule has 0 saturated heterocycles. The number of fused-ring (bicyclic) bond motifs is 1. The summed E-state index contributed by atoms with van der Waals surface area (Å²) in [5.74, 6) is -0.129. The van der Waals surface area contributed by atoms with E-state index in [0.717, 1.165) is 5.56 Å². The molecule has 0 fully saturated rings. The SMILES string of the molecule is CCOC(=O)Cn1c(=NC(=O)CCCS(=O)(=O)c2ccc(C)cc2)sc2c(OC)ccc(OC)c21. The second kappa shape index (κ2) is 11.5. The van der Waals surface area contributed by atoms with Gasteiger partial charge in [-0.15, -0.1) is 0 Å². The van der Waals surface area contributed by atoms with Crippen molar-refractivity contribution < 1.29 is 32.2 Å². The Morgan fingerprint density at radius 2 is 1.69 bits per heavy atom. The summed E-state index contributed by atoms with van der Waals surface area (Å²) in [7, 11) is -0.480. The Hall–Kier alpha value is -3.18. The minimum absolute atomic E-state index is 0.0625. The summed E-state index contributed by atoms with van der Waals surface area (Å²) < 4.78 is 43.3. The number of thiazole rings is 1. The first-order valence-corrected chi connectivity index (χ1v) is 13.4. The third kappa shape index (κ3) is 6.29. The Kier molecular flexibility index (Phi) is 8.68. The summed E-state index contributed by atoms with van der Waals surface area (Å²) in [6.45, 7) is 3.62. The molecule has 11 heteroatoms. The first-order valence-electron chi connectivity index (χ1n) is 11.0. The number of carbonyl (C=O) groups excluding carboxylic acids is 2. The number of aryl methyl sites for hydroxylation is 1. The number of carbonyl (C=O) groups is 2. The first kappa shape index (κ1) is 26.4. The monoisotopic (exact) mass is 520 g/mol. The number of sulfone groups is 1. The van der Waals surface area contributed by atoms with Crippen molar-refractivity contribution in [3.8, 4) is 11.5 Å². The number of esters is 1. The van der Waals surface area contributed by atoms with Crippen LogP contribution in [0.4, 0.5) is 0 Å². The molecule has 9 nitrogen and oxygen atoms in total. The second-order valence-corrected chi connectivity index (χ2v) is 10.8. The van der Waals surface area contributed by atoms with E-state index in [0.29, 0.717) is 21.7 Å². The van der Waals surface area contributed by atoms with Crippen LogP contribution in [-0.2, 0) is 30.7 Å². The second-order valence-electron chi connectivity index (χ2n) is 7.66. The number of nitrogens with zero attached hydrogens (tertiary/aromatic N) is 2. The minimum atomic E-state index is -3.51. The zero-order chi connectivity index (χ0) is 25.6. The number of amides is 1. The van der Waals surface area contributed by atoms with E-state index in [1.165, 1.54) is 25.6 Å². The van der Waals surface area contributed by atoms with Crippen molar-refractivity contribution in [2.24, 2.45) is 4.99 Å². The number of rotatable bonds is 10. The first-order chi connectivity index (χ1) is 16.7. The lowest BCUT2D eigenvalue weighted by molar-refractivity contribution is -0.143. The molecule has 0 N–H and O–H groups in total. The number of hydrogen-bond donors (Lipinski definition) is 0. The minimum Gasteiger partial charge on any atom is -0.495 e. The van der Waals surface area contributed by atoms with E-state index < -0.39 is 21.7 Å². The van der Waals surface area contributed by atoms with Gasteiger partial charge in [0.1, 0.15) is 28.3 Å². The van der Waals surface area contributed by atoms with E-state index >= 15 is 0 Å². The Morgan fingerprint density at radius 3 is 2.31 bits per heavy atom. The maximum atomic E-state index is 12.7. The molecule has 0 spiro atoms. The molecule has 188 valence electrons. The average Bonchev–Trinajstić information content (AvgIpc) is 3.16. The standard InChI is InChI=1S/C24H28N2O7S2/c1-5-33-21(28)15-26-22-18(31-3)12-13-19(32-4)23(22)34-24(26)25-20(27)7-6-14-35(29,30)17-10-8-16(2)9-11-17/h8-13H,5-7,14-15H2,1-4H3. The fraction of sp³-hybridized carbons (Fsp3) is 0.375. The summed E-state index contributed by atoms with van der Waals surface area (Å²) in [5, 5.41) is 0. The lowest BCUT2D eigenvalue weighted by atomic mass is 10.2. The Balaban J connectivity index is 1.89. The molecule has 0 saturated carbocycles. The summed E-state index contributed by atoms with van der Waals surface area (Å²) in [6.07, 6.45) is 0.0565. The average molecular weight is 521 g/mol. The van der Waals surface area contributed by atoms with Gasteiger partial charge < -0.3 is 18.8 Å². The molecule has 2 aromatic carbocycles. The summed E-state index contributed by atoms with van der Waals surface area (Å²) in [6, 6.07) is 10.0. The van der Waals surface area contributed by atoms with E-state index in [1.807, 2.05) is 6.92 Å². The molecular weight excluding hydrogens is 492 g/mol. The highest BCUT2D eigenvalue weighted by atomic mass is 32.2. The topological polar surface area (TPSA) is 113 Å². The molecule has 0 radical (unpaired) electrons. The molecular formula is C24H28N2O7S2. The van der Waals surface area contributed by atoms with Crippen molar-refractivity contribution in [3.63, 3.8) is 0 Å². The predicted molar refractivity (Wildman–Crippen MR) is 133 cm³/mol. The van der Waals surface area contributed by atoms with E-state index in [4.69, 9.17) is 14.2 Å². The normalized spacial score (nSPS) is 12.1. The predicted octanol–water partition coefficient (Wildman–Crippen LogP) is 3.27. The third-order valence-electron chi connectivity index (χ3n) is 5.19. The highest BCUT2D eigenvalue weighted by molar-refractivity contribution is 7.91.